The smallest absolute Gasteiger partial charge is 0.251 e. The van der Waals surface area contributed by atoms with E-state index in [4.69, 9.17) is 0 Å². The average Bonchev–Trinajstić information content (AvgIpc) is 2.98. The highest BCUT2D eigenvalue weighted by Gasteiger charge is 2.15. The first kappa shape index (κ1) is 16.1. The van der Waals surface area contributed by atoms with Gasteiger partial charge in [0.15, 0.2) is 5.65 Å². The molecule has 0 aliphatic heterocycles. The number of nitrogens with one attached hydrogen (secondary N) is 1. The normalized spacial score (nSPS) is 11.2. The SMILES string of the molecule is Cc1c(C(=O)NCCC(C)C)cccc1-n1nnc2cccnc21. The van der Waals surface area contributed by atoms with E-state index in [1.807, 2.05) is 37.3 Å². The van der Waals surface area contributed by atoms with E-state index in [1.165, 1.54) is 0 Å². The van der Waals surface area contributed by atoms with Gasteiger partial charge >= 0.3 is 0 Å². The third-order valence-electron chi connectivity index (χ3n) is 3.99. The highest BCUT2D eigenvalue weighted by Crippen LogP contribution is 2.20. The second-order valence-electron chi connectivity index (χ2n) is 6.24. The van der Waals surface area contributed by atoms with Crippen molar-refractivity contribution in [3.63, 3.8) is 0 Å². The Balaban J connectivity index is 1.92. The predicted molar refractivity (Wildman–Crippen MR) is 93.2 cm³/mol. The minimum atomic E-state index is -0.0626. The quantitative estimate of drug-likeness (QED) is 0.783. The summed E-state index contributed by atoms with van der Waals surface area (Å²) < 4.78 is 1.68. The van der Waals surface area contributed by atoms with E-state index < -0.39 is 0 Å². The summed E-state index contributed by atoms with van der Waals surface area (Å²) in [5.41, 5.74) is 3.72. The van der Waals surface area contributed by atoms with Crippen LogP contribution in [0.25, 0.3) is 16.9 Å². The lowest BCUT2D eigenvalue weighted by molar-refractivity contribution is 0.0951. The summed E-state index contributed by atoms with van der Waals surface area (Å²) in [6, 6.07) is 9.30. The van der Waals surface area contributed by atoms with Gasteiger partial charge in [0.05, 0.1) is 5.69 Å². The number of pyridine rings is 1. The third kappa shape index (κ3) is 3.13. The minimum absolute atomic E-state index is 0.0626. The monoisotopic (exact) mass is 323 g/mol. The lowest BCUT2D eigenvalue weighted by Gasteiger charge is -2.12. The number of aromatic nitrogens is 4. The van der Waals surface area contributed by atoms with E-state index in [2.05, 4.69) is 34.5 Å². The standard InChI is InChI=1S/C18H21N5O/c1-12(2)9-11-20-18(24)14-6-4-8-16(13(14)3)23-17-15(21-22-23)7-5-10-19-17/h4-8,10,12H,9,11H2,1-3H3,(H,20,24). The van der Waals surface area contributed by atoms with Crippen molar-refractivity contribution in [1.29, 1.82) is 0 Å². The second kappa shape index (κ2) is 6.78. The van der Waals surface area contributed by atoms with Gasteiger partial charge in [0.2, 0.25) is 0 Å². The number of benzene rings is 1. The van der Waals surface area contributed by atoms with Crippen LogP contribution in [0.5, 0.6) is 0 Å². The minimum Gasteiger partial charge on any atom is -0.352 e. The van der Waals surface area contributed by atoms with Gasteiger partial charge in [-0.15, -0.1) is 5.10 Å². The van der Waals surface area contributed by atoms with Gasteiger partial charge in [-0.2, -0.15) is 4.68 Å². The number of hydrogen-bond acceptors (Lipinski definition) is 4. The van der Waals surface area contributed by atoms with Crippen molar-refractivity contribution >= 4 is 17.1 Å². The van der Waals surface area contributed by atoms with Crippen LogP contribution in [0, 0.1) is 12.8 Å². The van der Waals surface area contributed by atoms with Gasteiger partial charge in [0, 0.05) is 18.3 Å². The number of amides is 1. The fourth-order valence-corrected chi connectivity index (χ4v) is 2.60. The van der Waals surface area contributed by atoms with Crippen molar-refractivity contribution in [2.75, 3.05) is 6.54 Å². The molecule has 2 aromatic heterocycles. The van der Waals surface area contributed by atoms with Crippen LogP contribution in [0.4, 0.5) is 0 Å². The summed E-state index contributed by atoms with van der Waals surface area (Å²) in [5, 5.41) is 11.3. The number of fused-ring (bicyclic) bond motifs is 1. The lowest BCUT2D eigenvalue weighted by Crippen LogP contribution is -2.26. The van der Waals surface area contributed by atoms with E-state index in [9.17, 15) is 4.79 Å². The summed E-state index contributed by atoms with van der Waals surface area (Å²) in [6.07, 6.45) is 2.67. The van der Waals surface area contributed by atoms with E-state index in [0.717, 1.165) is 23.2 Å². The zero-order chi connectivity index (χ0) is 17.1. The Morgan fingerprint density at radius 2 is 2.08 bits per heavy atom. The Morgan fingerprint density at radius 1 is 1.25 bits per heavy atom. The van der Waals surface area contributed by atoms with Gasteiger partial charge in [-0.1, -0.05) is 25.1 Å². The van der Waals surface area contributed by atoms with E-state index in [-0.39, 0.29) is 5.91 Å². The summed E-state index contributed by atoms with van der Waals surface area (Å²) in [7, 11) is 0. The van der Waals surface area contributed by atoms with Crippen molar-refractivity contribution in [1.82, 2.24) is 25.3 Å². The molecule has 0 radical (unpaired) electrons. The van der Waals surface area contributed by atoms with E-state index in [0.29, 0.717) is 23.7 Å². The van der Waals surface area contributed by atoms with Crippen molar-refractivity contribution < 1.29 is 4.79 Å². The molecule has 0 saturated heterocycles. The van der Waals surface area contributed by atoms with Gasteiger partial charge in [-0.3, -0.25) is 4.79 Å². The third-order valence-corrected chi connectivity index (χ3v) is 3.99. The predicted octanol–water partition coefficient (Wildman–Crippen LogP) is 2.90. The van der Waals surface area contributed by atoms with Crippen molar-refractivity contribution in [3.05, 3.63) is 47.7 Å². The van der Waals surface area contributed by atoms with Crippen molar-refractivity contribution in [2.24, 2.45) is 5.92 Å². The van der Waals surface area contributed by atoms with Crippen LogP contribution in [0.2, 0.25) is 0 Å². The maximum absolute atomic E-state index is 12.5. The fraction of sp³-hybridized carbons (Fsp3) is 0.333. The Bertz CT molecular complexity index is 869. The molecule has 3 rings (SSSR count). The molecule has 0 aliphatic carbocycles. The molecule has 1 aromatic carbocycles. The Kier molecular flexibility index (Phi) is 4.55. The molecule has 24 heavy (non-hydrogen) atoms. The maximum Gasteiger partial charge on any atom is 0.251 e. The molecule has 0 aliphatic rings. The first-order chi connectivity index (χ1) is 11.6. The highest BCUT2D eigenvalue weighted by molar-refractivity contribution is 5.96. The molecule has 0 spiro atoms. The average molecular weight is 323 g/mol. The molecule has 0 unspecified atom stereocenters. The second-order valence-corrected chi connectivity index (χ2v) is 6.24. The molecule has 0 bridgehead atoms. The van der Waals surface area contributed by atoms with Crippen LogP contribution in [0.1, 0.15) is 36.2 Å². The van der Waals surface area contributed by atoms with Crippen LogP contribution < -0.4 is 5.32 Å². The highest BCUT2D eigenvalue weighted by atomic mass is 16.1. The molecule has 0 atom stereocenters. The molecular formula is C18H21N5O. The van der Waals surface area contributed by atoms with Gasteiger partial charge in [0.25, 0.3) is 5.91 Å². The molecule has 1 N–H and O–H groups in total. The van der Waals surface area contributed by atoms with E-state index in [1.54, 1.807) is 10.9 Å². The van der Waals surface area contributed by atoms with Crippen LogP contribution in [0.15, 0.2) is 36.5 Å². The molecule has 1 amide bonds. The molecule has 6 heteroatoms. The van der Waals surface area contributed by atoms with Crippen LogP contribution in [0.3, 0.4) is 0 Å². The number of carbonyl (C=O) groups is 1. The first-order valence-corrected chi connectivity index (χ1v) is 8.12. The number of hydrogen-bond donors (Lipinski definition) is 1. The largest absolute Gasteiger partial charge is 0.352 e. The molecule has 2 heterocycles. The fourth-order valence-electron chi connectivity index (χ4n) is 2.60. The summed E-state index contributed by atoms with van der Waals surface area (Å²) in [5.74, 6) is 0.498. The number of rotatable bonds is 5. The zero-order valence-corrected chi connectivity index (χ0v) is 14.2. The first-order valence-electron chi connectivity index (χ1n) is 8.12. The molecule has 0 fully saturated rings. The number of carbonyl (C=O) groups excluding carboxylic acids is 1. The molecule has 0 saturated carbocycles. The van der Waals surface area contributed by atoms with Gasteiger partial charge in [-0.05, 0) is 49.1 Å². The summed E-state index contributed by atoms with van der Waals surface area (Å²) >= 11 is 0. The molecular weight excluding hydrogens is 302 g/mol. The summed E-state index contributed by atoms with van der Waals surface area (Å²) in [4.78, 5) is 16.8. The van der Waals surface area contributed by atoms with Gasteiger partial charge < -0.3 is 5.32 Å². The van der Waals surface area contributed by atoms with Crippen LogP contribution in [-0.2, 0) is 0 Å². The van der Waals surface area contributed by atoms with Crippen LogP contribution in [-0.4, -0.2) is 32.4 Å². The summed E-state index contributed by atoms with van der Waals surface area (Å²) in [6.45, 7) is 6.87. The molecule has 3 aromatic rings. The topological polar surface area (TPSA) is 72.7 Å². The van der Waals surface area contributed by atoms with Crippen molar-refractivity contribution in [2.45, 2.75) is 27.2 Å². The van der Waals surface area contributed by atoms with E-state index >= 15 is 0 Å². The van der Waals surface area contributed by atoms with Crippen molar-refractivity contribution in [3.8, 4) is 5.69 Å². The Labute approximate surface area is 140 Å². The van der Waals surface area contributed by atoms with Crippen LogP contribution >= 0.6 is 0 Å². The Hall–Kier alpha value is -2.76. The number of nitrogens with zero attached hydrogens (tertiary/aromatic N) is 4. The lowest BCUT2D eigenvalue weighted by atomic mass is 10.1. The van der Waals surface area contributed by atoms with Gasteiger partial charge in [-0.25, -0.2) is 4.98 Å². The molecule has 124 valence electrons. The van der Waals surface area contributed by atoms with Gasteiger partial charge in [0.1, 0.15) is 5.52 Å². The zero-order valence-electron chi connectivity index (χ0n) is 14.2. The Morgan fingerprint density at radius 3 is 2.88 bits per heavy atom. The maximum atomic E-state index is 12.5. The molecule has 6 nitrogen and oxygen atoms in total.